The van der Waals surface area contributed by atoms with Crippen LogP contribution in [0.2, 0.25) is 0 Å². The first-order chi connectivity index (χ1) is 9.86. The molecular weight excluding hydrogens is 322 g/mol. The molecular formula is C19H30BrN. The Hall–Kier alpha value is -0.340. The predicted molar refractivity (Wildman–Crippen MR) is 95.5 cm³/mol. The molecule has 0 aromatic heterocycles. The summed E-state index contributed by atoms with van der Waals surface area (Å²) in [6, 6.07) is 9.82. The van der Waals surface area contributed by atoms with Gasteiger partial charge in [-0.05, 0) is 61.6 Å². The van der Waals surface area contributed by atoms with Gasteiger partial charge in [0, 0.05) is 16.6 Å². The lowest BCUT2D eigenvalue weighted by atomic mass is 9.76. The van der Waals surface area contributed by atoms with E-state index in [2.05, 4.69) is 73.2 Å². The fourth-order valence-electron chi connectivity index (χ4n) is 3.54. The summed E-state index contributed by atoms with van der Waals surface area (Å²) < 4.78 is 1.15. The van der Waals surface area contributed by atoms with Crippen molar-refractivity contribution in [3.8, 4) is 0 Å². The maximum absolute atomic E-state index is 3.85. The smallest absolute Gasteiger partial charge is 0.0294 e. The van der Waals surface area contributed by atoms with Crippen molar-refractivity contribution in [3.05, 3.63) is 34.3 Å². The van der Waals surface area contributed by atoms with E-state index in [-0.39, 0.29) is 0 Å². The first-order valence-corrected chi connectivity index (χ1v) is 9.17. The normalized spacial score (nSPS) is 25.4. The molecule has 0 amide bonds. The second kappa shape index (κ2) is 7.28. The molecule has 1 aliphatic carbocycles. The molecule has 1 aliphatic rings. The molecule has 0 radical (unpaired) electrons. The quantitative estimate of drug-likeness (QED) is 0.649. The Labute approximate surface area is 139 Å². The Morgan fingerprint density at radius 2 is 1.71 bits per heavy atom. The van der Waals surface area contributed by atoms with Crippen LogP contribution in [0, 0.1) is 11.3 Å². The monoisotopic (exact) mass is 351 g/mol. The lowest BCUT2D eigenvalue weighted by molar-refractivity contribution is 0.213. The van der Waals surface area contributed by atoms with Gasteiger partial charge in [0.05, 0.1) is 0 Å². The molecule has 0 heterocycles. The molecule has 21 heavy (non-hydrogen) atoms. The average Bonchev–Trinajstić information content (AvgIpc) is 2.64. The molecule has 0 bridgehead atoms. The van der Waals surface area contributed by atoms with Crippen LogP contribution in [0.3, 0.4) is 0 Å². The van der Waals surface area contributed by atoms with Crippen molar-refractivity contribution >= 4 is 15.9 Å². The summed E-state index contributed by atoms with van der Waals surface area (Å²) >= 11 is 3.51. The number of rotatable bonds is 3. The van der Waals surface area contributed by atoms with Crippen LogP contribution >= 0.6 is 15.9 Å². The average molecular weight is 352 g/mol. The molecule has 0 saturated heterocycles. The molecule has 2 heteroatoms. The summed E-state index contributed by atoms with van der Waals surface area (Å²) in [5.74, 6) is 0.882. The highest BCUT2D eigenvalue weighted by Gasteiger charge is 2.28. The molecule has 118 valence electrons. The summed E-state index contributed by atoms with van der Waals surface area (Å²) in [6.45, 7) is 9.48. The summed E-state index contributed by atoms with van der Waals surface area (Å²) in [6.07, 6.45) is 6.78. The molecule has 2 rings (SSSR count). The van der Waals surface area contributed by atoms with Crippen molar-refractivity contribution < 1.29 is 0 Å². The van der Waals surface area contributed by atoms with Gasteiger partial charge in [-0.1, -0.05) is 55.3 Å². The molecule has 2 unspecified atom stereocenters. The maximum Gasteiger partial charge on any atom is 0.0294 e. The number of nitrogens with one attached hydrogen (secondary N) is 1. The van der Waals surface area contributed by atoms with E-state index < -0.39 is 0 Å². The fourth-order valence-corrected chi connectivity index (χ4v) is 3.80. The second-order valence-electron chi connectivity index (χ2n) is 7.71. The lowest BCUT2D eigenvalue weighted by Crippen LogP contribution is -2.31. The van der Waals surface area contributed by atoms with E-state index in [1.807, 2.05) is 0 Å². The van der Waals surface area contributed by atoms with Crippen LogP contribution in [0.25, 0.3) is 0 Å². The van der Waals surface area contributed by atoms with Crippen molar-refractivity contribution in [3.63, 3.8) is 0 Å². The Morgan fingerprint density at radius 3 is 2.33 bits per heavy atom. The third-order valence-electron chi connectivity index (χ3n) is 5.05. The first kappa shape index (κ1) is 17.0. The van der Waals surface area contributed by atoms with E-state index in [4.69, 9.17) is 0 Å². The van der Waals surface area contributed by atoms with E-state index in [9.17, 15) is 0 Å². The summed E-state index contributed by atoms with van der Waals surface area (Å²) in [7, 11) is 0. The zero-order valence-corrected chi connectivity index (χ0v) is 15.5. The fraction of sp³-hybridized carbons (Fsp3) is 0.684. The Balaban J connectivity index is 1.90. The van der Waals surface area contributed by atoms with Gasteiger partial charge in [-0.25, -0.2) is 0 Å². The van der Waals surface area contributed by atoms with E-state index in [1.165, 1.54) is 37.7 Å². The van der Waals surface area contributed by atoms with Crippen molar-refractivity contribution in [1.29, 1.82) is 0 Å². The molecule has 3 atom stereocenters. The molecule has 1 fully saturated rings. The van der Waals surface area contributed by atoms with Gasteiger partial charge >= 0.3 is 0 Å². The Kier molecular flexibility index (Phi) is 5.90. The van der Waals surface area contributed by atoms with Crippen LogP contribution in [0.15, 0.2) is 28.7 Å². The zero-order valence-electron chi connectivity index (χ0n) is 14.0. The molecule has 1 saturated carbocycles. The highest BCUT2D eigenvalue weighted by Crippen LogP contribution is 2.37. The van der Waals surface area contributed by atoms with Crippen LogP contribution in [-0.2, 0) is 0 Å². The second-order valence-corrected chi connectivity index (χ2v) is 8.62. The standard InChI is InChI=1S/C19H30BrN/c1-14(15-8-11-17(20)12-9-15)21-18-7-5-6-16(10-13-18)19(2,3)4/h8-9,11-12,14,16,18,21H,5-7,10,13H2,1-4H3/t14-,16?,18?/m1/s1. The Morgan fingerprint density at radius 1 is 1.05 bits per heavy atom. The molecule has 1 N–H and O–H groups in total. The van der Waals surface area contributed by atoms with Gasteiger partial charge in [0.2, 0.25) is 0 Å². The van der Waals surface area contributed by atoms with Gasteiger partial charge in [-0.3, -0.25) is 0 Å². The van der Waals surface area contributed by atoms with E-state index in [0.29, 0.717) is 17.5 Å². The van der Waals surface area contributed by atoms with Crippen LogP contribution < -0.4 is 5.32 Å². The zero-order chi connectivity index (χ0) is 15.5. The third kappa shape index (κ3) is 5.10. The first-order valence-electron chi connectivity index (χ1n) is 8.38. The van der Waals surface area contributed by atoms with E-state index in [1.54, 1.807) is 0 Å². The SMILES string of the molecule is C[C@@H](NC1CCCC(C(C)(C)C)CC1)c1ccc(Br)cc1. The van der Waals surface area contributed by atoms with Gasteiger partial charge in [0.25, 0.3) is 0 Å². The summed E-state index contributed by atoms with van der Waals surface area (Å²) in [5, 5.41) is 3.85. The van der Waals surface area contributed by atoms with Crippen LogP contribution in [0.5, 0.6) is 0 Å². The summed E-state index contributed by atoms with van der Waals surface area (Å²) in [5.41, 5.74) is 1.85. The van der Waals surface area contributed by atoms with Gasteiger partial charge in [0.15, 0.2) is 0 Å². The van der Waals surface area contributed by atoms with E-state index >= 15 is 0 Å². The number of halogens is 1. The van der Waals surface area contributed by atoms with Crippen LogP contribution in [0.1, 0.15) is 71.4 Å². The third-order valence-corrected chi connectivity index (χ3v) is 5.58. The lowest BCUT2D eigenvalue weighted by Gasteiger charge is -2.30. The number of benzene rings is 1. The highest BCUT2D eigenvalue weighted by atomic mass is 79.9. The number of hydrogen-bond donors (Lipinski definition) is 1. The van der Waals surface area contributed by atoms with Gasteiger partial charge in [0.1, 0.15) is 0 Å². The van der Waals surface area contributed by atoms with Gasteiger partial charge in [-0.15, -0.1) is 0 Å². The molecule has 0 spiro atoms. The minimum Gasteiger partial charge on any atom is -0.307 e. The van der Waals surface area contributed by atoms with Crippen LogP contribution in [-0.4, -0.2) is 6.04 Å². The van der Waals surface area contributed by atoms with Crippen molar-refractivity contribution in [1.82, 2.24) is 5.32 Å². The Bertz CT molecular complexity index is 432. The van der Waals surface area contributed by atoms with E-state index in [0.717, 1.165) is 10.4 Å². The largest absolute Gasteiger partial charge is 0.307 e. The van der Waals surface area contributed by atoms with Crippen LogP contribution in [0.4, 0.5) is 0 Å². The molecule has 0 aliphatic heterocycles. The van der Waals surface area contributed by atoms with Crippen molar-refractivity contribution in [2.24, 2.45) is 11.3 Å². The van der Waals surface area contributed by atoms with Crippen molar-refractivity contribution in [2.75, 3.05) is 0 Å². The minimum atomic E-state index is 0.439. The molecule has 1 aromatic carbocycles. The maximum atomic E-state index is 3.85. The highest BCUT2D eigenvalue weighted by molar-refractivity contribution is 9.10. The van der Waals surface area contributed by atoms with Crippen molar-refractivity contribution in [2.45, 2.75) is 71.9 Å². The van der Waals surface area contributed by atoms with Gasteiger partial charge in [-0.2, -0.15) is 0 Å². The molecule has 1 nitrogen and oxygen atoms in total. The van der Waals surface area contributed by atoms with Gasteiger partial charge < -0.3 is 5.32 Å². The summed E-state index contributed by atoms with van der Waals surface area (Å²) in [4.78, 5) is 0. The predicted octanol–water partition coefficient (Wildman–Crippen LogP) is 6.09. The minimum absolute atomic E-state index is 0.439. The molecule has 1 aromatic rings. The number of hydrogen-bond acceptors (Lipinski definition) is 1. The topological polar surface area (TPSA) is 12.0 Å².